The molecule has 0 amide bonds. The summed E-state index contributed by atoms with van der Waals surface area (Å²) in [4.78, 5) is 0. The summed E-state index contributed by atoms with van der Waals surface area (Å²) in [7, 11) is -3.44. The molecule has 1 rings (SSSR count). The van der Waals surface area contributed by atoms with Gasteiger partial charge in [-0.25, -0.2) is 21.9 Å². The van der Waals surface area contributed by atoms with Crippen LogP contribution in [0.2, 0.25) is 0 Å². The van der Waals surface area contributed by atoms with E-state index in [9.17, 15) is 17.2 Å². The Hall–Kier alpha value is -1.05. The maximum absolute atomic E-state index is 13.2. The van der Waals surface area contributed by atoms with Crippen LogP contribution in [0.1, 0.15) is 18.4 Å². The molecule has 0 saturated carbocycles. The summed E-state index contributed by atoms with van der Waals surface area (Å²) in [5.74, 6) is -1.51. The van der Waals surface area contributed by atoms with Gasteiger partial charge in [0, 0.05) is 18.2 Å². The summed E-state index contributed by atoms with van der Waals surface area (Å²) < 4.78 is 51.2. The zero-order chi connectivity index (χ0) is 13.6. The zero-order valence-corrected chi connectivity index (χ0v) is 10.6. The molecule has 0 spiro atoms. The Morgan fingerprint density at radius 2 is 1.94 bits per heavy atom. The van der Waals surface area contributed by atoms with Crippen molar-refractivity contribution in [2.75, 3.05) is 12.3 Å². The predicted molar refractivity (Wildman–Crippen MR) is 65.3 cm³/mol. The number of benzene rings is 1. The van der Waals surface area contributed by atoms with Gasteiger partial charge >= 0.3 is 0 Å². The molecule has 0 aliphatic heterocycles. The number of nitrogens with two attached hydrogens (primary N) is 1. The molecule has 4 nitrogen and oxygen atoms in total. The first kappa shape index (κ1) is 15.0. The number of sulfonamides is 1. The van der Waals surface area contributed by atoms with E-state index in [1.165, 1.54) is 6.07 Å². The summed E-state index contributed by atoms with van der Waals surface area (Å²) >= 11 is 0. The van der Waals surface area contributed by atoms with Crippen LogP contribution in [0, 0.1) is 11.6 Å². The van der Waals surface area contributed by atoms with E-state index in [0.29, 0.717) is 19.4 Å². The van der Waals surface area contributed by atoms with Crippen molar-refractivity contribution in [3.05, 3.63) is 35.4 Å². The van der Waals surface area contributed by atoms with Gasteiger partial charge in [0.1, 0.15) is 11.6 Å². The van der Waals surface area contributed by atoms with E-state index in [0.717, 1.165) is 12.1 Å². The molecule has 0 aromatic heterocycles. The van der Waals surface area contributed by atoms with Gasteiger partial charge in [-0.1, -0.05) is 6.07 Å². The second-order valence-electron chi connectivity index (χ2n) is 3.87. The van der Waals surface area contributed by atoms with Crippen molar-refractivity contribution in [2.45, 2.75) is 19.4 Å². The molecule has 0 unspecified atom stereocenters. The molecule has 0 atom stereocenters. The Morgan fingerprint density at radius 1 is 1.22 bits per heavy atom. The summed E-state index contributed by atoms with van der Waals surface area (Å²) in [6.45, 7) is 0.249. The Labute approximate surface area is 105 Å². The van der Waals surface area contributed by atoms with E-state index in [-0.39, 0.29) is 17.9 Å². The highest BCUT2D eigenvalue weighted by atomic mass is 32.2. The fourth-order valence-electron chi connectivity index (χ4n) is 1.36. The molecule has 1 aromatic carbocycles. The maximum Gasteiger partial charge on any atom is 0.211 e. The fourth-order valence-corrected chi connectivity index (χ4v) is 2.47. The van der Waals surface area contributed by atoms with Crippen LogP contribution in [0.25, 0.3) is 0 Å². The van der Waals surface area contributed by atoms with Gasteiger partial charge in [-0.2, -0.15) is 0 Å². The number of hydrogen-bond acceptors (Lipinski definition) is 3. The van der Waals surface area contributed by atoms with Crippen molar-refractivity contribution in [2.24, 2.45) is 5.73 Å². The Balaban J connectivity index is 2.53. The lowest BCUT2D eigenvalue weighted by Gasteiger charge is -2.07. The second kappa shape index (κ2) is 6.77. The van der Waals surface area contributed by atoms with Crippen LogP contribution in [0.5, 0.6) is 0 Å². The number of unbranched alkanes of at least 4 members (excludes halogenated alkanes) is 1. The van der Waals surface area contributed by atoms with Crippen LogP contribution < -0.4 is 10.5 Å². The van der Waals surface area contributed by atoms with Crippen LogP contribution in [0.3, 0.4) is 0 Å². The van der Waals surface area contributed by atoms with E-state index in [1.807, 2.05) is 0 Å². The number of hydrogen-bond donors (Lipinski definition) is 2. The zero-order valence-electron chi connectivity index (χ0n) is 9.83. The van der Waals surface area contributed by atoms with Gasteiger partial charge in [0.25, 0.3) is 0 Å². The normalized spacial score (nSPS) is 11.7. The van der Waals surface area contributed by atoms with Crippen LogP contribution in [0.4, 0.5) is 8.78 Å². The van der Waals surface area contributed by atoms with E-state index in [2.05, 4.69) is 4.72 Å². The first-order valence-electron chi connectivity index (χ1n) is 5.56. The van der Waals surface area contributed by atoms with E-state index in [4.69, 9.17) is 5.73 Å². The summed E-state index contributed by atoms with van der Waals surface area (Å²) in [5.41, 5.74) is 5.37. The monoisotopic (exact) mass is 278 g/mol. The SMILES string of the molecule is NCCCCS(=O)(=O)NCc1ccc(F)cc1F. The highest BCUT2D eigenvalue weighted by molar-refractivity contribution is 7.89. The Morgan fingerprint density at radius 3 is 2.56 bits per heavy atom. The average molecular weight is 278 g/mol. The van der Waals surface area contributed by atoms with E-state index >= 15 is 0 Å². The lowest BCUT2D eigenvalue weighted by Crippen LogP contribution is -2.26. The Kier molecular flexibility index (Phi) is 5.64. The highest BCUT2D eigenvalue weighted by Gasteiger charge is 2.11. The molecule has 0 fully saturated rings. The standard InChI is InChI=1S/C11H16F2N2O2S/c12-10-4-3-9(11(13)7-10)8-15-18(16,17)6-2-1-5-14/h3-4,7,15H,1-2,5-6,8,14H2. The minimum absolute atomic E-state index is 0.0486. The molecule has 7 heteroatoms. The highest BCUT2D eigenvalue weighted by Crippen LogP contribution is 2.09. The van der Waals surface area contributed by atoms with Gasteiger partial charge in [-0.3, -0.25) is 0 Å². The fraction of sp³-hybridized carbons (Fsp3) is 0.455. The molecule has 0 heterocycles. The average Bonchev–Trinajstić information content (AvgIpc) is 2.28. The molecule has 0 aliphatic carbocycles. The molecule has 102 valence electrons. The van der Waals surface area contributed by atoms with Crippen molar-refractivity contribution < 1.29 is 17.2 Å². The topological polar surface area (TPSA) is 72.2 Å². The third kappa shape index (κ3) is 5.07. The van der Waals surface area contributed by atoms with Crippen molar-refractivity contribution in [3.63, 3.8) is 0 Å². The predicted octanol–water partition coefficient (Wildman–Crippen LogP) is 1.12. The molecule has 18 heavy (non-hydrogen) atoms. The van der Waals surface area contributed by atoms with Crippen molar-refractivity contribution >= 4 is 10.0 Å². The number of halogens is 2. The van der Waals surface area contributed by atoms with Gasteiger partial charge in [0.05, 0.1) is 5.75 Å². The first-order valence-corrected chi connectivity index (χ1v) is 7.21. The third-order valence-corrected chi connectivity index (χ3v) is 3.78. The van der Waals surface area contributed by atoms with Gasteiger partial charge in [0.2, 0.25) is 10.0 Å². The number of nitrogens with one attached hydrogen (secondary N) is 1. The lowest BCUT2D eigenvalue weighted by molar-refractivity contribution is 0.561. The molecule has 3 N–H and O–H groups in total. The second-order valence-corrected chi connectivity index (χ2v) is 5.80. The van der Waals surface area contributed by atoms with Gasteiger partial charge in [-0.15, -0.1) is 0 Å². The molecule has 0 bridgehead atoms. The van der Waals surface area contributed by atoms with Crippen molar-refractivity contribution in [1.82, 2.24) is 4.72 Å². The Bertz CT molecular complexity index is 492. The van der Waals surface area contributed by atoms with Crippen molar-refractivity contribution in [1.29, 1.82) is 0 Å². The van der Waals surface area contributed by atoms with Crippen LogP contribution in [0.15, 0.2) is 18.2 Å². The third-order valence-electron chi connectivity index (χ3n) is 2.36. The summed E-state index contributed by atoms with van der Waals surface area (Å²) in [5, 5.41) is 0. The quantitative estimate of drug-likeness (QED) is 0.734. The van der Waals surface area contributed by atoms with Gasteiger partial charge in [0.15, 0.2) is 0 Å². The van der Waals surface area contributed by atoms with Gasteiger partial charge < -0.3 is 5.73 Å². The molecule has 0 aliphatic rings. The largest absolute Gasteiger partial charge is 0.330 e. The van der Waals surface area contributed by atoms with Crippen LogP contribution in [-0.2, 0) is 16.6 Å². The van der Waals surface area contributed by atoms with E-state index in [1.54, 1.807) is 0 Å². The lowest BCUT2D eigenvalue weighted by atomic mass is 10.2. The van der Waals surface area contributed by atoms with Crippen LogP contribution >= 0.6 is 0 Å². The molecule has 0 saturated heterocycles. The minimum Gasteiger partial charge on any atom is -0.330 e. The smallest absolute Gasteiger partial charge is 0.211 e. The molecule has 0 radical (unpaired) electrons. The molecular formula is C11H16F2N2O2S. The number of rotatable bonds is 7. The molecule has 1 aromatic rings. The van der Waals surface area contributed by atoms with Gasteiger partial charge in [-0.05, 0) is 25.5 Å². The van der Waals surface area contributed by atoms with E-state index < -0.39 is 21.7 Å². The summed E-state index contributed by atoms with van der Waals surface area (Å²) in [6, 6.07) is 3.02. The van der Waals surface area contributed by atoms with Crippen molar-refractivity contribution in [3.8, 4) is 0 Å². The summed E-state index contributed by atoms with van der Waals surface area (Å²) in [6.07, 6.45) is 1.07. The van der Waals surface area contributed by atoms with Crippen LogP contribution in [-0.4, -0.2) is 20.7 Å². The maximum atomic E-state index is 13.2. The first-order chi connectivity index (χ1) is 8.44. The molecular weight excluding hydrogens is 262 g/mol. The minimum atomic E-state index is -3.44.